The number of nitrogens with zero attached hydrogens (tertiary/aromatic N) is 2. The Morgan fingerprint density at radius 3 is 2.88 bits per heavy atom. The first-order valence-electron chi connectivity index (χ1n) is 9.64. The molecule has 0 aliphatic carbocycles. The van der Waals surface area contributed by atoms with Crippen molar-refractivity contribution in [2.45, 2.75) is 57.3 Å². The van der Waals surface area contributed by atoms with E-state index in [2.05, 4.69) is 4.98 Å². The Balaban J connectivity index is 1.47. The number of carbonyl (C=O) groups excluding carboxylic acids is 1. The molecule has 1 unspecified atom stereocenters. The number of piperidine rings is 1. The van der Waals surface area contributed by atoms with Crippen LogP contribution in [-0.2, 0) is 14.2 Å². The highest BCUT2D eigenvalue weighted by molar-refractivity contribution is 5.93. The quantitative estimate of drug-likeness (QED) is 0.728. The summed E-state index contributed by atoms with van der Waals surface area (Å²) < 4.78 is 17.7. The number of hydrogen-bond acceptors (Lipinski definition) is 5. The molecule has 1 aromatic heterocycles. The van der Waals surface area contributed by atoms with Crippen LogP contribution in [0.2, 0.25) is 0 Å². The minimum atomic E-state index is -0.145. The van der Waals surface area contributed by atoms with Gasteiger partial charge in [0, 0.05) is 38.5 Å². The summed E-state index contributed by atoms with van der Waals surface area (Å²) in [6.45, 7) is 7.49. The third-order valence-electron chi connectivity index (χ3n) is 5.21. The third-order valence-corrected chi connectivity index (χ3v) is 5.21. The van der Waals surface area contributed by atoms with E-state index in [0.29, 0.717) is 18.8 Å². The molecule has 144 valence electrons. The van der Waals surface area contributed by atoms with Gasteiger partial charge >= 0.3 is 0 Å². The number of hydrogen-bond donors (Lipinski definition) is 0. The maximum absolute atomic E-state index is 12.6. The first-order chi connectivity index (χ1) is 12.6. The SMILES string of the molecule is CC(C)OCCOC1CCOC2(CCN(C(=O)c3cccnc3)CC2)C1. The van der Waals surface area contributed by atoms with Crippen molar-refractivity contribution in [2.24, 2.45) is 0 Å². The maximum Gasteiger partial charge on any atom is 0.255 e. The van der Waals surface area contributed by atoms with Crippen molar-refractivity contribution in [2.75, 3.05) is 32.9 Å². The Bertz CT molecular complexity index is 570. The predicted molar refractivity (Wildman–Crippen MR) is 98.1 cm³/mol. The summed E-state index contributed by atoms with van der Waals surface area (Å²) in [5, 5.41) is 0. The second kappa shape index (κ2) is 8.93. The fourth-order valence-corrected chi connectivity index (χ4v) is 3.76. The lowest BCUT2D eigenvalue weighted by atomic mass is 9.83. The second-order valence-corrected chi connectivity index (χ2v) is 7.47. The van der Waals surface area contributed by atoms with Gasteiger partial charge in [-0.2, -0.15) is 0 Å². The van der Waals surface area contributed by atoms with Crippen LogP contribution in [0, 0.1) is 0 Å². The van der Waals surface area contributed by atoms with Gasteiger partial charge in [-0.3, -0.25) is 9.78 Å². The van der Waals surface area contributed by atoms with Gasteiger partial charge in [0.2, 0.25) is 0 Å². The van der Waals surface area contributed by atoms with Crippen LogP contribution in [-0.4, -0.2) is 66.5 Å². The van der Waals surface area contributed by atoms with Crippen LogP contribution >= 0.6 is 0 Å². The Morgan fingerprint density at radius 2 is 2.19 bits per heavy atom. The van der Waals surface area contributed by atoms with Crippen LogP contribution < -0.4 is 0 Å². The highest BCUT2D eigenvalue weighted by Gasteiger charge is 2.41. The number of rotatable bonds is 6. The molecule has 0 saturated carbocycles. The molecule has 2 fully saturated rings. The largest absolute Gasteiger partial charge is 0.376 e. The number of amides is 1. The Hall–Kier alpha value is -1.50. The summed E-state index contributed by atoms with van der Waals surface area (Å²) in [5.41, 5.74) is 0.507. The van der Waals surface area contributed by atoms with Crippen molar-refractivity contribution < 1.29 is 19.0 Å². The summed E-state index contributed by atoms with van der Waals surface area (Å²) in [6, 6.07) is 3.62. The Morgan fingerprint density at radius 1 is 1.38 bits per heavy atom. The molecule has 26 heavy (non-hydrogen) atoms. The van der Waals surface area contributed by atoms with Crippen LogP contribution in [0.25, 0.3) is 0 Å². The zero-order chi connectivity index (χ0) is 18.4. The Labute approximate surface area is 155 Å². The van der Waals surface area contributed by atoms with E-state index in [1.54, 1.807) is 18.5 Å². The summed E-state index contributed by atoms with van der Waals surface area (Å²) in [5.74, 6) is 0.0578. The van der Waals surface area contributed by atoms with Gasteiger partial charge in [-0.25, -0.2) is 0 Å². The van der Waals surface area contributed by atoms with Crippen molar-refractivity contribution in [3.05, 3.63) is 30.1 Å². The molecule has 0 radical (unpaired) electrons. The molecule has 0 N–H and O–H groups in total. The molecule has 2 saturated heterocycles. The molecular formula is C20H30N2O4. The van der Waals surface area contributed by atoms with Gasteiger partial charge in [-0.05, 0) is 45.2 Å². The highest BCUT2D eigenvalue weighted by Crippen LogP contribution is 2.36. The summed E-state index contributed by atoms with van der Waals surface area (Å²) in [4.78, 5) is 18.5. The van der Waals surface area contributed by atoms with Crippen LogP contribution in [0.3, 0.4) is 0 Å². The minimum absolute atomic E-state index is 0.0578. The highest BCUT2D eigenvalue weighted by atomic mass is 16.5. The van der Waals surface area contributed by atoms with Gasteiger partial charge in [0.1, 0.15) is 0 Å². The molecule has 3 rings (SSSR count). The fraction of sp³-hybridized carbons (Fsp3) is 0.700. The zero-order valence-corrected chi connectivity index (χ0v) is 15.9. The molecule has 2 aliphatic heterocycles. The number of aromatic nitrogens is 1. The average molecular weight is 362 g/mol. The van der Waals surface area contributed by atoms with E-state index in [1.165, 1.54) is 0 Å². The monoisotopic (exact) mass is 362 g/mol. The number of likely N-dealkylation sites (tertiary alicyclic amines) is 1. The third kappa shape index (κ3) is 5.02. The average Bonchev–Trinajstić information content (AvgIpc) is 2.66. The maximum atomic E-state index is 12.6. The molecule has 0 aromatic carbocycles. The van der Waals surface area contributed by atoms with Gasteiger partial charge in [0.15, 0.2) is 0 Å². The van der Waals surface area contributed by atoms with Crippen molar-refractivity contribution in [1.82, 2.24) is 9.88 Å². The van der Waals surface area contributed by atoms with Crippen LogP contribution in [0.1, 0.15) is 49.9 Å². The molecule has 1 amide bonds. The molecule has 3 heterocycles. The summed E-state index contributed by atoms with van der Waals surface area (Å²) in [7, 11) is 0. The van der Waals surface area contributed by atoms with Crippen molar-refractivity contribution >= 4 is 5.91 Å². The summed E-state index contributed by atoms with van der Waals surface area (Å²) >= 11 is 0. The second-order valence-electron chi connectivity index (χ2n) is 7.47. The molecule has 1 aromatic rings. The van der Waals surface area contributed by atoms with E-state index in [9.17, 15) is 4.79 Å². The molecule has 6 nitrogen and oxygen atoms in total. The lowest BCUT2D eigenvalue weighted by molar-refractivity contribution is -0.156. The number of ether oxygens (including phenoxy) is 3. The van der Waals surface area contributed by atoms with Gasteiger partial charge in [-0.15, -0.1) is 0 Å². The van der Waals surface area contributed by atoms with E-state index >= 15 is 0 Å². The predicted octanol–water partition coefficient (Wildman–Crippen LogP) is 2.68. The van der Waals surface area contributed by atoms with Crippen LogP contribution in [0.4, 0.5) is 0 Å². The van der Waals surface area contributed by atoms with Gasteiger partial charge in [0.05, 0.1) is 36.6 Å². The van der Waals surface area contributed by atoms with E-state index < -0.39 is 0 Å². The molecule has 1 spiro atoms. The Kier molecular flexibility index (Phi) is 6.62. The molecule has 0 bridgehead atoms. The van der Waals surface area contributed by atoms with E-state index in [4.69, 9.17) is 14.2 Å². The normalized spacial score (nSPS) is 22.7. The molecule has 2 aliphatic rings. The van der Waals surface area contributed by atoms with Crippen molar-refractivity contribution in [3.63, 3.8) is 0 Å². The van der Waals surface area contributed by atoms with Gasteiger partial charge < -0.3 is 19.1 Å². The van der Waals surface area contributed by atoms with Crippen LogP contribution in [0.15, 0.2) is 24.5 Å². The molecular weight excluding hydrogens is 332 g/mol. The first-order valence-corrected chi connectivity index (χ1v) is 9.64. The van der Waals surface area contributed by atoms with Gasteiger partial charge in [-0.1, -0.05) is 0 Å². The van der Waals surface area contributed by atoms with E-state index in [1.807, 2.05) is 24.8 Å². The van der Waals surface area contributed by atoms with Gasteiger partial charge in [0.25, 0.3) is 5.91 Å². The van der Waals surface area contributed by atoms with E-state index in [0.717, 1.165) is 45.4 Å². The first kappa shape index (κ1) is 19.3. The lowest BCUT2D eigenvalue weighted by Crippen LogP contribution is -2.52. The number of carbonyl (C=O) groups is 1. The molecule has 1 atom stereocenters. The van der Waals surface area contributed by atoms with Crippen molar-refractivity contribution in [3.8, 4) is 0 Å². The fourth-order valence-electron chi connectivity index (χ4n) is 3.76. The minimum Gasteiger partial charge on any atom is -0.376 e. The lowest BCUT2D eigenvalue weighted by Gasteiger charge is -2.46. The molecule has 6 heteroatoms. The standard InChI is InChI=1S/C20H30N2O4/c1-16(2)24-12-13-25-18-5-11-26-20(14-18)6-9-22(10-7-20)19(23)17-4-3-8-21-15-17/h3-4,8,15-16,18H,5-7,9-14H2,1-2H3. The van der Waals surface area contributed by atoms with Crippen molar-refractivity contribution in [1.29, 1.82) is 0 Å². The van der Waals surface area contributed by atoms with E-state index in [-0.39, 0.29) is 23.7 Å². The smallest absolute Gasteiger partial charge is 0.255 e. The summed E-state index contributed by atoms with van der Waals surface area (Å²) in [6.07, 6.45) is 7.34. The number of pyridine rings is 1. The zero-order valence-electron chi connectivity index (χ0n) is 15.9. The van der Waals surface area contributed by atoms with Crippen LogP contribution in [0.5, 0.6) is 0 Å². The topological polar surface area (TPSA) is 60.9 Å².